The molecular weight excluding hydrogens is 490 g/mol. The molecule has 0 unspecified atom stereocenters. The lowest BCUT2D eigenvalue weighted by Gasteiger charge is -2.30. The number of rotatable bonds is 8. The van der Waals surface area contributed by atoms with Crippen LogP contribution in [0.5, 0.6) is 5.88 Å². The molecule has 1 aromatic heterocycles. The van der Waals surface area contributed by atoms with Gasteiger partial charge in [-0.15, -0.1) is 0 Å². The number of nitriles is 1. The number of aromatic nitrogens is 1. The van der Waals surface area contributed by atoms with E-state index in [1.807, 2.05) is 6.07 Å². The molecule has 9 heteroatoms. The number of hydrogen-bond donors (Lipinski definition) is 1. The molecule has 0 aliphatic heterocycles. The molecular formula is C27H25ClF3N3O2. The molecule has 0 fully saturated rings. The predicted octanol–water partition coefficient (Wildman–Crippen LogP) is 6.31. The van der Waals surface area contributed by atoms with Crippen molar-refractivity contribution >= 4 is 17.5 Å². The Morgan fingerprint density at radius 3 is 2.61 bits per heavy atom. The summed E-state index contributed by atoms with van der Waals surface area (Å²) >= 11 is 5.98. The molecule has 36 heavy (non-hydrogen) atoms. The Morgan fingerprint density at radius 2 is 1.97 bits per heavy atom. The summed E-state index contributed by atoms with van der Waals surface area (Å²) in [5.74, 6) is -1.10. The van der Waals surface area contributed by atoms with Gasteiger partial charge in [-0.3, -0.25) is 4.79 Å². The zero-order valence-electron chi connectivity index (χ0n) is 21.8. The molecule has 3 rings (SSSR count). The molecule has 1 heterocycles. The number of hydrogen-bond acceptors (Lipinski definition) is 4. The molecule has 0 bridgehead atoms. The maximum Gasteiger partial charge on any atom is 0.417 e. The third-order valence-electron chi connectivity index (χ3n) is 5.58. The van der Waals surface area contributed by atoms with E-state index in [-0.39, 0.29) is 29.4 Å². The summed E-state index contributed by atoms with van der Waals surface area (Å²) in [5.41, 5.74) is -0.727. The highest BCUT2D eigenvalue weighted by molar-refractivity contribution is 6.30. The van der Waals surface area contributed by atoms with E-state index in [2.05, 4.69) is 16.4 Å². The van der Waals surface area contributed by atoms with Gasteiger partial charge in [0.2, 0.25) is 5.88 Å². The zero-order chi connectivity index (χ0) is 28.3. The molecule has 5 nitrogen and oxygen atoms in total. The fraction of sp³-hybridized carbons (Fsp3) is 0.296. The fourth-order valence-corrected chi connectivity index (χ4v) is 3.68. The van der Waals surface area contributed by atoms with Crippen LogP contribution in [-0.4, -0.2) is 22.5 Å². The maximum absolute atomic E-state index is 13.2. The van der Waals surface area contributed by atoms with Gasteiger partial charge in [0.1, 0.15) is 0 Å². The van der Waals surface area contributed by atoms with E-state index >= 15 is 0 Å². The molecule has 2 aromatic carbocycles. The zero-order valence-corrected chi connectivity index (χ0v) is 20.5. The summed E-state index contributed by atoms with van der Waals surface area (Å²) < 4.78 is 60.4. The Hall–Kier alpha value is -3.57. The number of nitrogens with one attached hydrogen (secondary N) is 1. The predicted molar refractivity (Wildman–Crippen MR) is 131 cm³/mol. The highest BCUT2D eigenvalue weighted by Gasteiger charge is 2.34. The average molecular weight is 519 g/mol. The van der Waals surface area contributed by atoms with Crippen LogP contribution in [0.2, 0.25) is 5.02 Å². The first-order valence-corrected chi connectivity index (χ1v) is 11.4. The van der Waals surface area contributed by atoms with Crippen molar-refractivity contribution in [3.63, 3.8) is 0 Å². The van der Waals surface area contributed by atoms with Crippen molar-refractivity contribution in [2.75, 3.05) is 0 Å². The van der Waals surface area contributed by atoms with Gasteiger partial charge in [0.15, 0.2) is 5.60 Å². The Labute approximate surface area is 215 Å². The van der Waals surface area contributed by atoms with Crippen LogP contribution >= 0.6 is 11.6 Å². The van der Waals surface area contributed by atoms with Crippen molar-refractivity contribution in [3.8, 4) is 11.9 Å². The van der Waals surface area contributed by atoms with Crippen molar-refractivity contribution in [2.24, 2.45) is 0 Å². The average Bonchev–Trinajstić information content (AvgIpc) is 2.84. The van der Waals surface area contributed by atoms with Crippen molar-refractivity contribution in [1.29, 1.82) is 5.26 Å². The van der Waals surface area contributed by atoms with Crippen molar-refractivity contribution in [3.05, 3.63) is 94.1 Å². The molecule has 0 saturated carbocycles. The van der Waals surface area contributed by atoms with Crippen LogP contribution in [0.1, 0.15) is 51.7 Å². The van der Waals surface area contributed by atoms with E-state index in [9.17, 15) is 23.2 Å². The van der Waals surface area contributed by atoms with Crippen molar-refractivity contribution in [1.82, 2.24) is 10.3 Å². The number of pyridine rings is 1. The van der Waals surface area contributed by atoms with Crippen LogP contribution in [-0.2, 0) is 17.4 Å². The molecule has 1 N–H and O–H groups in total. The van der Waals surface area contributed by atoms with E-state index in [1.54, 1.807) is 25.1 Å². The van der Waals surface area contributed by atoms with Crippen molar-refractivity contribution in [2.45, 2.75) is 50.9 Å². The molecule has 0 aliphatic carbocycles. The van der Waals surface area contributed by atoms with Crippen LogP contribution in [0.25, 0.3) is 0 Å². The lowest BCUT2D eigenvalue weighted by Crippen LogP contribution is -2.51. The molecule has 0 spiro atoms. The highest BCUT2D eigenvalue weighted by atomic mass is 35.5. The number of ether oxygens (including phenoxy) is 1. The van der Waals surface area contributed by atoms with Gasteiger partial charge in [-0.1, -0.05) is 35.8 Å². The minimum absolute atomic E-state index is 0.0671. The number of alkyl halides is 3. The van der Waals surface area contributed by atoms with Gasteiger partial charge in [0.05, 0.1) is 19.9 Å². The number of nitrogens with zero attached hydrogens (tertiary/aromatic N) is 2. The number of carbonyl (C=O) groups excluding carboxylic acids is 1. The van der Waals surface area contributed by atoms with Gasteiger partial charge >= 0.3 is 6.18 Å². The first-order chi connectivity index (χ1) is 17.7. The van der Waals surface area contributed by atoms with Gasteiger partial charge in [0, 0.05) is 29.2 Å². The van der Waals surface area contributed by atoms with Gasteiger partial charge < -0.3 is 10.1 Å². The normalized spacial score (nSPS) is 14.2. The molecule has 188 valence electrons. The summed E-state index contributed by atoms with van der Waals surface area (Å²) in [4.78, 5) is 16.9. The second-order valence-electron chi connectivity index (χ2n) is 8.76. The monoisotopic (exact) mass is 518 g/mol. The topological polar surface area (TPSA) is 75.0 Å². The van der Waals surface area contributed by atoms with Crippen LogP contribution in [0, 0.1) is 11.3 Å². The summed E-state index contributed by atoms with van der Waals surface area (Å²) in [6.45, 7) is 4.69. The van der Waals surface area contributed by atoms with Gasteiger partial charge in [-0.05, 0) is 68.6 Å². The first-order valence-electron chi connectivity index (χ1n) is 12.0. The van der Waals surface area contributed by atoms with E-state index in [4.69, 9.17) is 19.1 Å². The summed E-state index contributed by atoms with van der Waals surface area (Å²) in [6, 6.07) is 13.4. The highest BCUT2D eigenvalue weighted by Crippen LogP contribution is 2.30. The summed E-state index contributed by atoms with van der Waals surface area (Å²) in [7, 11) is 0. The van der Waals surface area contributed by atoms with Gasteiger partial charge in [-0.2, -0.15) is 18.4 Å². The Bertz CT molecular complexity index is 1360. The number of benzene rings is 2. The maximum atomic E-state index is 13.2. The molecule has 0 aliphatic rings. The number of carbonyl (C=O) groups is 1. The lowest BCUT2D eigenvalue weighted by atomic mass is 9.85. The number of halogens is 4. The first kappa shape index (κ1) is 24.1. The number of amides is 1. The van der Waals surface area contributed by atoms with Crippen LogP contribution < -0.4 is 10.1 Å². The Morgan fingerprint density at radius 1 is 1.22 bits per heavy atom. The van der Waals surface area contributed by atoms with Gasteiger partial charge in [-0.25, -0.2) is 4.98 Å². The van der Waals surface area contributed by atoms with E-state index in [0.29, 0.717) is 17.3 Å². The molecule has 0 saturated heterocycles. The third kappa shape index (κ3) is 6.98. The smallest absolute Gasteiger partial charge is 0.417 e. The van der Waals surface area contributed by atoms with E-state index in [1.165, 1.54) is 26.0 Å². The largest absolute Gasteiger partial charge is 0.462 e. The second kappa shape index (κ2) is 11.0. The fourth-order valence-electron chi connectivity index (χ4n) is 3.57. The van der Waals surface area contributed by atoms with Crippen LogP contribution in [0.3, 0.4) is 0 Å². The van der Waals surface area contributed by atoms with E-state index in [0.717, 1.165) is 17.7 Å². The third-order valence-corrected chi connectivity index (χ3v) is 5.80. The quantitative estimate of drug-likeness (QED) is 0.379. The lowest BCUT2D eigenvalue weighted by molar-refractivity contribution is -0.138. The minimum atomic E-state index is -4.55. The molecule has 1 amide bonds. The molecule has 2 atom stereocenters. The molecule has 0 radical (unpaired) electrons. The Kier molecular flexibility index (Phi) is 7.38. The molecule has 3 aromatic rings. The summed E-state index contributed by atoms with van der Waals surface area (Å²) in [6.07, 6.45) is -3.65. The van der Waals surface area contributed by atoms with Crippen molar-refractivity contribution < 1.29 is 25.4 Å². The standard InChI is InChI=1S/C27H25ClF3N3O2/c1-17(34-25(35)26(2,3)36-24-12-9-21(16-33-24)27(29,30)31)23(14-18-7-10-22(28)11-8-18)20-6-4-5-19(13-20)15-32/h4-13,16-17,23H,14H2,1-3H3,(H,34,35)/t17-,23+/m0/s1/i7T,11T,29-1. The SMILES string of the molecule is [3H]c1cc(C[C@@H](c2cccc(C#N)c2)[C@H](C)NC(=O)C(C)(C)Oc2ccc(C(F)(F)[18F])cn2)c([3H])cc1Cl. The van der Waals surface area contributed by atoms with Gasteiger partial charge in [0.25, 0.3) is 5.91 Å². The van der Waals surface area contributed by atoms with Crippen LogP contribution in [0.4, 0.5) is 13.2 Å². The van der Waals surface area contributed by atoms with Crippen LogP contribution in [0.15, 0.2) is 66.8 Å². The Balaban J connectivity index is 1.85. The van der Waals surface area contributed by atoms with E-state index < -0.39 is 35.2 Å². The summed E-state index contributed by atoms with van der Waals surface area (Å²) in [5, 5.41) is 12.4. The minimum Gasteiger partial charge on any atom is -0.462 e. The second-order valence-corrected chi connectivity index (χ2v) is 9.16.